The second-order valence-electron chi connectivity index (χ2n) is 20.5. The summed E-state index contributed by atoms with van der Waals surface area (Å²) in [6.45, 7) is 9.64. The molecule has 0 amide bonds. The zero-order chi connectivity index (χ0) is 57.9. The van der Waals surface area contributed by atoms with Crippen LogP contribution in [0.3, 0.4) is 0 Å². The largest absolute Gasteiger partial charge is 0.492 e. The number of ether oxygens (including phenoxy) is 7. The van der Waals surface area contributed by atoms with E-state index in [1.54, 1.807) is 54.8 Å². The molecule has 3 saturated heterocycles. The van der Waals surface area contributed by atoms with Gasteiger partial charge >= 0.3 is 11.9 Å². The smallest absolute Gasteiger partial charge is 0.343 e. The predicted octanol–water partition coefficient (Wildman–Crippen LogP) is 7.10. The minimum absolute atomic E-state index is 0.0666. The van der Waals surface area contributed by atoms with Crippen LogP contribution in [-0.4, -0.2) is 140 Å². The van der Waals surface area contributed by atoms with Crippen molar-refractivity contribution in [2.75, 3.05) is 83.7 Å². The zero-order valence-corrected chi connectivity index (χ0v) is 47.6. The maximum absolute atomic E-state index is 12.9. The second kappa shape index (κ2) is 24.6. The number of pyridine rings is 2. The summed E-state index contributed by atoms with van der Waals surface area (Å²) in [7, 11) is -0.749. The molecule has 24 heteroatoms. The molecule has 2 atom stereocenters. The van der Waals surface area contributed by atoms with Crippen molar-refractivity contribution in [3.63, 3.8) is 0 Å². The van der Waals surface area contributed by atoms with Crippen LogP contribution in [0.1, 0.15) is 109 Å². The lowest BCUT2D eigenvalue weighted by Crippen LogP contribution is -2.63. The molecule has 0 saturated carbocycles. The van der Waals surface area contributed by atoms with Gasteiger partial charge in [0.15, 0.2) is 16.6 Å². The fourth-order valence-electron chi connectivity index (χ4n) is 10.8. The van der Waals surface area contributed by atoms with Crippen LogP contribution in [0.5, 0.6) is 11.5 Å². The zero-order valence-electron chi connectivity index (χ0n) is 45.2. The number of aryl methyl sites for hydroxylation is 1. The molecular weight excluding hydrogens is 1100 g/mol. The third kappa shape index (κ3) is 12.1. The molecule has 5 aliphatic heterocycles. The number of benzene rings is 3. The van der Waals surface area contributed by atoms with Gasteiger partial charge in [0.2, 0.25) is 0 Å². The van der Waals surface area contributed by atoms with Gasteiger partial charge < -0.3 is 48.5 Å². The quantitative estimate of drug-likeness (QED) is 0.0436. The van der Waals surface area contributed by atoms with Crippen LogP contribution in [-0.2, 0) is 33.8 Å². The van der Waals surface area contributed by atoms with Gasteiger partial charge in [0, 0.05) is 75.9 Å². The van der Waals surface area contributed by atoms with Gasteiger partial charge in [-0.2, -0.15) is 8.42 Å². The van der Waals surface area contributed by atoms with Crippen molar-refractivity contribution in [1.29, 1.82) is 0 Å². The first kappa shape index (κ1) is 60.1. The number of halogens is 2. The third-order valence-corrected chi connectivity index (χ3v) is 16.3. The third-order valence-electron chi connectivity index (χ3n) is 14.8. The first-order valence-electron chi connectivity index (χ1n) is 26.0. The van der Waals surface area contributed by atoms with E-state index < -0.39 is 49.8 Å². The maximum atomic E-state index is 12.9. The minimum atomic E-state index is -4.02. The molecule has 7 heterocycles. The Balaban J connectivity index is 0.000000177. The van der Waals surface area contributed by atoms with Crippen LogP contribution < -0.4 is 30.3 Å². The SMILES string of the molecule is CCOC(=O)c1cn2c(cc1=O)-c1cc(Cl)c(OCCCOC)cc1[C@H]1CCC(CO)(CO)N12.COCCCOc1cc2c(cc1Cl)-c1cc(=O)c(C(=O)O)cn1N1[C@@H]2CCC12COC(C)(C)OC2.Cc1ccc(S(=O)(=O)O)cc1. The summed E-state index contributed by atoms with van der Waals surface area (Å²) in [6, 6.07) is 15.7. The van der Waals surface area contributed by atoms with E-state index in [0.717, 1.165) is 47.1 Å². The number of carboxylic acid groups (broad SMARTS) is 1. The first-order valence-corrected chi connectivity index (χ1v) is 28.2. The molecule has 3 fully saturated rings. The fraction of sp³-hybridized carbons (Fsp3) is 0.464. The van der Waals surface area contributed by atoms with E-state index >= 15 is 0 Å². The van der Waals surface area contributed by atoms with Gasteiger partial charge in [-0.3, -0.25) is 33.5 Å². The number of aliphatic hydroxyl groups is 2. The Bertz CT molecular complexity index is 3340. The monoisotopic (exact) mass is 1170 g/mol. The Kier molecular flexibility index (Phi) is 18.5. The summed E-state index contributed by atoms with van der Waals surface area (Å²) in [5, 5.41) is 35.0. The lowest BCUT2D eigenvalue weighted by Gasteiger charge is -2.51. The summed E-state index contributed by atoms with van der Waals surface area (Å²) in [6.07, 6.45) is 6.98. The highest BCUT2D eigenvalue weighted by Crippen LogP contribution is 2.53. The maximum Gasteiger partial charge on any atom is 0.343 e. The highest BCUT2D eigenvalue weighted by atomic mass is 35.5. The molecule has 4 N–H and O–H groups in total. The van der Waals surface area contributed by atoms with Crippen LogP contribution in [0.15, 0.2) is 87.5 Å². The molecule has 0 unspecified atom stereocenters. The lowest BCUT2D eigenvalue weighted by atomic mass is 9.94. The van der Waals surface area contributed by atoms with Crippen LogP contribution in [0.2, 0.25) is 10.0 Å². The summed E-state index contributed by atoms with van der Waals surface area (Å²) in [4.78, 5) is 49.8. The van der Waals surface area contributed by atoms with Crippen molar-refractivity contribution in [1.82, 2.24) is 9.35 Å². The van der Waals surface area contributed by atoms with Crippen molar-refractivity contribution < 1.29 is 71.0 Å². The average molecular weight is 1170 g/mol. The number of aliphatic hydroxyl groups excluding tert-OH is 2. The number of nitrogens with zero attached hydrogens (tertiary/aromatic N) is 4. The molecule has 0 bridgehead atoms. The van der Waals surface area contributed by atoms with E-state index in [1.165, 1.54) is 36.7 Å². The van der Waals surface area contributed by atoms with E-state index in [9.17, 15) is 42.9 Å². The van der Waals surface area contributed by atoms with Crippen molar-refractivity contribution in [2.45, 2.75) is 100 Å². The Morgan fingerprint density at radius 2 is 1.21 bits per heavy atom. The van der Waals surface area contributed by atoms with Crippen molar-refractivity contribution in [2.24, 2.45) is 0 Å². The van der Waals surface area contributed by atoms with Gasteiger partial charge in [0.05, 0.1) is 84.7 Å². The molecular formula is C56H66Cl2N4O17S. The van der Waals surface area contributed by atoms with E-state index in [-0.39, 0.29) is 47.9 Å². The molecule has 0 radical (unpaired) electrons. The van der Waals surface area contributed by atoms with Crippen LogP contribution in [0.25, 0.3) is 22.5 Å². The highest BCUT2D eigenvalue weighted by molar-refractivity contribution is 7.85. The summed E-state index contributed by atoms with van der Waals surface area (Å²) in [5.41, 5.74) is 2.45. The average Bonchev–Trinajstić information content (AvgIpc) is 3.96. The van der Waals surface area contributed by atoms with Gasteiger partial charge in [-0.05, 0) is 101 Å². The Labute approximate surface area is 472 Å². The molecule has 80 heavy (non-hydrogen) atoms. The van der Waals surface area contributed by atoms with Crippen molar-refractivity contribution in [3.05, 3.63) is 131 Å². The van der Waals surface area contributed by atoms with Gasteiger partial charge in [-0.15, -0.1) is 0 Å². The lowest BCUT2D eigenvalue weighted by molar-refractivity contribution is -0.268. The summed E-state index contributed by atoms with van der Waals surface area (Å²) < 4.78 is 72.2. The molecule has 21 nitrogen and oxygen atoms in total. The number of rotatable bonds is 16. The minimum Gasteiger partial charge on any atom is -0.492 e. The Morgan fingerprint density at radius 1 is 0.725 bits per heavy atom. The number of hydrogen-bond acceptors (Lipinski definition) is 17. The van der Waals surface area contributed by atoms with Crippen LogP contribution >= 0.6 is 23.2 Å². The molecule has 10 rings (SSSR count). The number of aromatic nitrogens is 2. The standard InChI is InChI=1S/C25H29ClN2O7.C24H29ClN2O7.C7H8O3S/c1-24(2)34-13-25(14-35-24)6-5-19-16-10-22(33-8-4-7-32-3)18(26)9-15(16)20-11-21(29)17(23(30)31)12-27(20)28(19)25;1-3-33-23(31)17-12-26-20(11-21(17)30)15-9-18(25)22(34-8-4-7-32-2)10-16(15)19-5-6-24(13-28,14-29)27(19)26;1-6-2-4-7(5-3-6)11(8,9)10/h9-12,19H,4-8,13-14H2,1-3H3,(H,30,31);9-12,19,28-29H,3-8,13-14H2,1-2H3;2-5H,1H3,(H,8,9,10)/t2*19-;/m11./s1. The number of carbonyl (C=O) groups excluding carboxylic acids is 1. The van der Waals surface area contributed by atoms with E-state index in [0.29, 0.717) is 91.8 Å². The van der Waals surface area contributed by atoms with E-state index in [4.69, 9.17) is 60.9 Å². The topological polar surface area (TPSA) is 264 Å². The Hall–Kier alpha value is -6.05. The fourth-order valence-corrected chi connectivity index (χ4v) is 11.7. The Morgan fingerprint density at radius 3 is 1.70 bits per heavy atom. The summed E-state index contributed by atoms with van der Waals surface area (Å²) in [5.74, 6) is -1.61. The van der Waals surface area contributed by atoms with E-state index in [2.05, 4.69) is 5.01 Å². The van der Waals surface area contributed by atoms with Gasteiger partial charge in [0.1, 0.15) is 33.7 Å². The van der Waals surface area contributed by atoms with Gasteiger partial charge in [-0.25, -0.2) is 9.59 Å². The number of hydrogen-bond donors (Lipinski definition) is 4. The van der Waals surface area contributed by atoms with Gasteiger partial charge in [-0.1, -0.05) is 40.9 Å². The highest BCUT2D eigenvalue weighted by Gasteiger charge is 2.55. The molecule has 5 aliphatic rings. The molecule has 3 aromatic carbocycles. The van der Waals surface area contributed by atoms with Crippen LogP contribution in [0, 0.1) is 6.92 Å². The number of fused-ring (bicyclic) bond motifs is 13. The first-order chi connectivity index (χ1) is 38.1. The number of aromatic carboxylic acids is 1. The van der Waals surface area contributed by atoms with Crippen LogP contribution in [0.4, 0.5) is 0 Å². The van der Waals surface area contributed by atoms with Crippen molar-refractivity contribution >= 4 is 45.3 Å². The second-order valence-corrected chi connectivity index (χ2v) is 22.8. The van der Waals surface area contributed by atoms with E-state index in [1.807, 2.05) is 37.9 Å². The normalized spacial score (nSPS) is 18.4. The number of methoxy groups -OCH3 is 2. The summed E-state index contributed by atoms with van der Waals surface area (Å²) >= 11 is 13.1. The van der Waals surface area contributed by atoms with Gasteiger partial charge in [0.25, 0.3) is 10.1 Å². The molecule has 2 aromatic heterocycles. The number of carbonyl (C=O) groups is 2. The number of carboxylic acids is 1. The molecule has 5 aromatic rings. The van der Waals surface area contributed by atoms with Crippen molar-refractivity contribution in [3.8, 4) is 34.0 Å². The molecule has 432 valence electrons. The predicted molar refractivity (Wildman–Crippen MR) is 296 cm³/mol. The number of esters is 1. The molecule has 0 aliphatic carbocycles. The molecule has 1 spiro atoms.